The molecule has 1 fully saturated rings. The lowest BCUT2D eigenvalue weighted by Crippen LogP contribution is -2.09. The van der Waals surface area contributed by atoms with E-state index in [1.165, 1.54) is 0 Å². The molecule has 3 aromatic carbocycles. The van der Waals surface area contributed by atoms with E-state index in [2.05, 4.69) is 0 Å². The maximum atomic E-state index is 13.1. The van der Waals surface area contributed by atoms with Crippen LogP contribution in [0.5, 0.6) is 0 Å². The molecule has 1 saturated carbocycles. The Morgan fingerprint density at radius 3 is 1.62 bits per heavy atom. The molecule has 0 N–H and O–H groups in total. The number of rotatable bonds is 5. The summed E-state index contributed by atoms with van der Waals surface area (Å²) in [7, 11) is 0. The van der Waals surface area contributed by atoms with Gasteiger partial charge in [0.05, 0.1) is 0 Å². The van der Waals surface area contributed by atoms with Gasteiger partial charge < -0.3 is 0 Å². The maximum absolute atomic E-state index is 13.1. The first kappa shape index (κ1) is 16.7. The van der Waals surface area contributed by atoms with E-state index in [9.17, 15) is 9.59 Å². The minimum atomic E-state index is -0.328. The fraction of sp³-hybridized carbons (Fsp3) is 0.130. The van der Waals surface area contributed by atoms with Crippen LogP contribution in [0.4, 0.5) is 0 Å². The maximum Gasteiger partial charge on any atom is 0.167 e. The predicted octanol–water partition coefficient (Wildman–Crippen LogP) is 5.44. The van der Waals surface area contributed by atoms with Crippen molar-refractivity contribution in [3.63, 3.8) is 0 Å². The lowest BCUT2D eigenvalue weighted by atomic mass is 10.0. The van der Waals surface area contributed by atoms with Crippen LogP contribution in [-0.2, 0) is 0 Å². The van der Waals surface area contributed by atoms with Crippen LogP contribution in [0.25, 0.3) is 0 Å². The molecule has 0 aromatic heterocycles. The van der Waals surface area contributed by atoms with Crippen LogP contribution in [0.15, 0.2) is 84.9 Å². The second-order valence-corrected chi connectivity index (χ2v) is 7.03. The summed E-state index contributed by atoms with van der Waals surface area (Å²) in [6.07, 6.45) is 0. The van der Waals surface area contributed by atoms with E-state index in [0.717, 1.165) is 5.56 Å². The van der Waals surface area contributed by atoms with Crippen molar-refractivity contribution in [3.8, 4) is 0 Å². The normalized spacial score (nSPS) is 21.2. The second-order valence-electron chi connectivity index (χ2n) is 6.59. The molecule has 1 aliphatic carbocycles. The van der Waals surface area contributed by atoms with Gasteiger partial charge in [-0.3, -0.25) is 9.59 Å². The molecule has 3 unspecified atom stereocenters. The highest BCUT2D eigenvalue weighted by Gasteiger charge is 2.58. The minimum absolute atomic E-state index is 0.00445. The van der Waals surface area contributed by atoms with Crippen molar-refractivity contribution in [3.05, 3.63) is 107 Å². The summed E-state index contributed by atoms with van der Waals surface area (Å²) in [6, 6.07) is 25.9. The van der Waals surface area contributed by atoms with Crippen molar-refractivity contribution in [1.29, 1.82) is 0 Å². The number of ketones is 2. The highest BCUT2D eigenvalue weighted by Crippen LogP contribution is 2.56. The number of halogens is 1. The fourth-order valence-electron chi connectivity index (χ4n) is 3.65. The van der Waals surface area contributed by atoms with Crippen LogP contribution >= 0.6 is 11.6 Å². The standard InChI is InChI=1S/C23H17ClO2/c24-18-13-11-17(12-14-18)23(26)21-19(15-7-3-1-4-8-15)20(21)22(25)16-9-5-2-6-10-16/h1-14,19-21H. The Morgan fingerprint density at radius 2 is 1.08 bits per heavy atom. The Labute approximate surface area is 157 Å². The molecule has 0 saturated heterocycles. The quantitative estimate of drug-likeness (QED) is 0.568. The molecular weight excluding hydrogens is 344 g/mol. The van der Waals surface area contributed by atoms with Gasteiger partial charge in [-0.2, -0.15) is 0 Å². The van der Waals surface area contributed by atoms with Crippen molar-refractivity contribution in [2.45, 2.75) is 5.92 Å². The van der Waals surface area contributed by atoms with Crippen molar-refractivity contribution < 1.29 is 9.59 Å². The highest BCUT2D eigenvalue weighted by atomic mass is 35.5. The Bertz CT molecular complexity index is 933. The van der Waals surface area contributed by atoms with E-state index in [-0.39, 0.29) is 29.3 Å². The first-order valence-corrected chi connectivity index (χ1v) is 8.98. The summed E-state index contributed by atoms with van der Waals surface area (Å²) in [4.78, 5) is 26.1. The summed E-state index contributed by atoms with van der Waals surface area (Å²) in [6.45, 7) is 0. The van der Waals surface area contributed by atoms with Gasteiger partial charge in [0.2, 0.25) is 0 Å². The summed E-state index contributed by atoms with van der Waals surface area (Å²) in [5.74, 6) is -0.682. The SMILES string of the molecule is O=C(c1ccccc1)C1C(C(=O)c2ccc(Cl)cc2)C1c1ccccc1. The molecule has 4 rings (SSSR count). The van der Waals surface area contributed by atoms with Gasteiger partial charge in [-0.1, -0.05) is 72.3 Å². The molecular formula is C23H17ClO2. The molecule has 3 aromatic rings. The van der Waals surface area contributed by atoms with Gasteiger partial charge in [0.1, 0.15) is 0 Å². The van der Waals surface area contributed by atoms with Crippen LogP contribution in [-0.4, -0.2) is 11.6 Å². The Morgan fingerprint density at radius 1 is 0.615 bits per heavy atom. The average molecular weight is 361 g/mol. The zero-order valence-corrected chi connectivity index (χ0v) is 14.8. The molecule has 0 spiro atoms. The average Bonchev–Trinajstić information content (AvgIpc) is 3.44. The lowest BCUT2D eigenvalue weighted by Gasteiger charge is -2.01. The third kappa shape index (κ3) is 3.09. The summed E-state index contributed by atoms with van der Waals surface area (Å²) < 4.78 is 0. The number of carbonyl (C=O) groups is 2. The van der Waals surface area contributed by atoms with Gasteiger partial charge in [0, 0.05) is 33.9 Å². The topological polar surface area (TPSA) is 34.1 Å². The van der Waals surface area contributed by atoms with Crippen molar-refractivity contribution in [2.24, 2.45) is 11.8 Å². The lowest BCUT2D eigenvalue weighted by molar-refractivity contribution is 0.0906. The predicted molar refractivity (Wildman–Crippen MR) is 103 cm³/mol. The van der Waals surface area contributed by atoms with Gasteiger partial charge in [0.25, 0.3) is 0 Å². The monoisotopic (exact) mass is 360 g/mol. The molecule has 0 bridgehead atoms. The Balaban J connectivity index is 1.67. The summed E-state index contributed by atoms with van der Waals surface area (Å²) in [5, 5.41) is 0.592. The molecule has 3 atom stereocenters. The van der Waals surface area contributed by atoms with Gasteiger partial charge in [0.15, 0.2) is 11.6 Å². The molecule has 3 heteroatoms. The smallest absolute Gasteiger partial charge is 0.167 e. The van der Waals surface area contributed by atoms with Gasteiger partial charge in [-0.15, -0.1) is 0 Å². The van der Waals surface area contributed by atoms with E-state index in [1.807, 2.05) is 60.7 Å². The van der Waals surface area contributed by atoms with Crippen LogP contribution in [0, 0.1) is 11.8 Å². The second kappa shape index (κ2) is 6.89. The third-order valence-electron chi connectivity index (χ3n) is 5.00. The molecule has 0 amide bonds. The Kier molecular flexibility index (Phi) is 4.44. The summed E-state index contributed by atoms with van der Waals surface area (Å²) >= 11 is 5.93. The largest absolute Gasteiger partial charge is 0.294 e. The third-order valence-corrected chi connectivity index (χ3v) is 5.25. The molecule has 26 heavy (non-hydrogen) atoms. The first-order valence-electron chi connectivity index (χ1n) is 8.61. The molecule has 2 nitrogen and oxygen atoms in total. The molecule has 0 aliphatic heterocycles. The van der Waals surface area contributed by atoms with Gasteiger partial charge in [-0.25, -0.2) is 0 Å². The zero-order valence-electron chi connectivity index (χ0n) is 14.0. The van der Waals surface area contributed by atoms with Crippen molar-refractivity contribution >= 4 is 23.2 Å². The van der Waals surface area contributed by atoms with E-state index >= 15 is 0 Å². The number of Topliss-reactive ketones (excluding diaryl/α,β-unsaturated/α-hetero) is 2. The van der Waals surface area contributed by atoms with Gasteiger partial charge in [-0.05, 0) is 29.8 Å². The van der Waals surface area contributed by atoms with Crippen LogP contribution < -0.4 is 0 Å². The molecule has 1 aliphatic rings. The van der Waals surface area contributed by atoms with Crippen molar-refractivity contribution in [1.82, 2.24) is 0 Å². The zero-order chi connectivity index (χ0) is 18.1. The minimum Gasteiger partial charge on any atom is -0.294 e. The van der Waals surface area contributed by atoms with Gasteiger partial charge >= 0.3 is 0 Å². The molecule has 0 radical (unpaired) electrons. The number of carbonyl (C=O) groups excluding carboxylic acids is 2. The number of hydrogen-bond acceptors (Lipinski definition) is 2. The summed E-state index contributed by atoms with van der Waals surface area (Å²) in [5.41, 5.74) is 2.29. The van der Waals surface area contributed by atoms with E-state index in [4.69, 9.17) is 11.6 Å². The number of hydrogen-bond donors (Lipinski definition) is 0. The molecule has 0 heterocycles. The first-order chi connectivity index (χ1) is 12.7. The van der Waals surface area contributed by atoms with E-state index in [0.29, 0.717) is 16.1 Å². The fourth-order valence-corrected chi connectivity index (χ4v) is 3.78. The Hall–Kier alpha value is -2.71. The van der Waals surface area contributed by atoms with Crippen LogP contribution in [0.2, 0.25) is 5.02 Å². The van der Waals surface area contributed by atoms with Crippen molar-refractivity contribution in [2.75, 3.05) is 0 Å². The van der Waals surface area contributed by atoms with Crippen LogP contribution in [0.3, 0.4) is 0 Å². The highest BCUT2D eigenvalue weighted by molar-refractivity contribution is 6.30. The van der Waals surface area contributed by atoms with E-state index in [1.54, 1.807) is 24.3 Å². The van der Waals surface area contributed by atoms with E-state index < -0.39 is 0 Å². The number of benzene rings is 3. The molecule has 128 valence electrons. The van der Waals surface area contributed by atoms with Crippen LogP contribution in [0.1, 0.15) is 32.2 Å².